The monoisotopic (exact) mass is 231 g/mol. The van der Waals surface area contributed by atoms with E-state index in [1.54, 1.807) is 0 Å². The highest BCUT2D eigenvalue weighted by molar-refractivity contribution is 6.00. The second-order valence-corrected chi connectivity index (χ2v) is 4.47. The van der Waals surface area contributed by atoms with E-state index in [4.69, 9.17) is 0 Å². The Kier molecular flexibility index (Phi) is 6.15. The highest BCUT2D eigenvalue weighted by Gasteiger charge is 2.30. The first kappa shape index (κ1) is 14.7. The second kappa shape index (κ2) is 6.29. The van der Waals surface area contributed by atoms with E-state index in [2.05, 4.69) is 18.7 Å². The van der Waals surface area contributed by atoms with Gasteiger partial charge in [-0.25, -0.2) is 0 Å². The van der Waals surface area contributed by atoms with E-state index in [-0.39, 0.29) is 18.3 Å². The van der Waals surface area contributed by atoms with E-state index in [0.29, 0.717) is 5.78 Å². The van der Waals surface area contributed by atoms with Crippen molar-refractivity contribution in [3.8, 4) is 0 Å². The van der Waals surface area contributed by atoms with Crippen LogP contribution in [-0.4, -0.2) is 31.3 Å². The highest BCUT2D eigenvalue weighted by atomic mass is 35.5. The molecule has 0 heterocycles. The van der Waals surface area contributed by atoms with Crippen LogP contribution < -0.4 is 0 Å². The lowest BCUT2D eigenvalue weighted by atomic mass is 10.0. The summed E-state index contributed by atoms with van der Waals surface area (Å²) in [4.78, 5) is 14.1. The molecule has 0 aliphatic heterocycles. The molecule has 0 aromatic carbocycles. The lowest BCUT2D eigenvalue weighted by Gasteiger charge is -2.14. The van der Waals surface area contributed by atoms with Crippen molar-refractivity contribution in [1.29, 1.82) is 0 Å². The largest absolute Gasteiger partial charge is 0.309 e. The molecule has 1 aliphatic rings. The van der Waals surface area contributed by atoms with Crippen molar-refractivity contribution >= 4 is 18.2 Å². The summed E-state index contributed by atoms with van der Waals surface area (Å²) in [6.45, 7) is 5.11. The lowest BCUT2D eigenvalue weighted by Crippen LogP contribution is -2.24. The van der Waals surface area contributed by atoms with Gasteiger partial charge >= 0.3 is 0 Å². The minimum absolute atomic E-state index is 0. The van der Waals surface area contributed by atoms with E-state index < -0.39 is 0 Å². The number of rotatable bonds is 3. The van der Waals surface area contributed by atoms with E-state index in [0.717, 1.165) is 31.4 Å². The standard InChI is InChI=1S/C12H21NO.ClH/c1-5-9(2)11-7-6-10(12(11)14)8-13(3)4;/h10H,5-8H2,1-4H3;1H/b11-9+;. The first-order valence-corrected chi connectivity index (χ1v) is 5.43. The van der Waals surface area contributed by atoms with Crippen molar-refractivity contribution in [2.45, 2.75) is 33.1 Å². The smallest absolute Gasteiger partial charge is 0.163 e. The fourth-order valence-corrected chi connectivity index (χ4v) is 2.07. The van der Waals surface area contributed by atoms with Crippen LogP contribution >= 0.6 is 12.4 Å². The van der Waals surface area contributed by atoms with Gasteiger partial charge in [-0.15, -0.1) is 12.4 Å². The molecule has 0 aromatic rings. The summed E-state index contributed by atoms with van der Waals surface area (Å²) in [5, 5.41) is 0. The van der Waals surface area contributed by atoms with Crippen LogP contribution in [0, 0.1) is 5.92 Å². The average Bonchev–Trinajstić information content (AvgIpc) is 2.46. The quantitative estimate of drug-likeness (QED) is 0.697. The predicted octanol–water partition coefficient (Wildman–Crippen LogP) is 2.68. The predicted molar refractivity (Wildman–Crippen MR) is 66.5 cm³/mol. The minimum Gasteiger partial charge on any atom is -0.309 e. The molecule has 1 atom stereocenters. The fraction of sp³-hybridized carbons (Fsp3) is 0.750. The summed E-state index contributed by atoms with van der Waals surface area (Å²) in [5.41, 5.74) is 2.40. The molecule has 1 unspecified atom stereocenters. The Balaban J connectivity index is 0.00000196. The molecule has 1 fully saturated rings. The van der Waals surface area contributed by atoms with Crippen LogP contribution in [0.25, 0.3) is 0 Å². The SMILES string of the molecule is CC/C(C)=C1\CCC(CN(C)C)C1=O.Cl. The summed E-state index contributed by atoms with van der Waals surface area (Å²) in [7, 11) is 4.06. The molecule has 88 valence electrons. The van der Waals surface area contributed by atoms with Crippen LogP contribution in [0.2, 0.25) is 0 Å². The van der Waals surface area contributed by atoms with Crippen molar-refractivity contribution < 1.29 is 4.79 Å². The Morgan fingerprint density at radius 2 is 2.07 bits per heavy atom. The Bertz CT molecular complexity index is 258. The maximum absolute atomic E-state index is 12.0. The Labute approximate surface area is 99.1 Å². The Morgan fingerprint density at radius 3 is 2.53 bits per heavy atom. The Morgan fingerprint density at radius 1 is 1.47 bits per heavy atom. The van der Waals surface area contributed by atoms with E-state index >= 15 is 0 Å². The third-order valence-corrected chi connectivity index (χ3v) is 3.04. The molecule has 3 heteroatoms. The average molecular weight is 232 g/mol. The van der Waals surface area contributed by atoms with Gasteiger partial charge in [0, 0.05) is 12.5 Å². The van der Waals surface area contributed by atoms with Crippen LogP contribution in [0.15, 0.2) is 11.1 Å². The number of hydrogen-bond donors (Lipinski definition) is 0. The number of ketones is 1. The van der Waals surface area contributed by atoms with Gasteiger partial charge in [0.25, 0.3) is 0 Å². The number of halogens is 1. The second-order valence-electron chi connectivity index (χ2n) is 4.47. The fourth-order valence-electron chi connectivity index (χ4n) is 2.07. The molecule has 1 aliphatic carbocycles. The molecule has 0 N–H and O–H groups in total. The number of allylic oxidation sites excluding steroid dienone is 2. The van der Waals surface area contributed by atoms with Crippen molar-refractivity contribution in [3.05, 3.63) is 11.1 Å². The molecule has 1 rings (SSSR count). The van der Waals surface area contributed by atoms with Crippen LogP contribution in [-0.2, 0) is 4.79 Å². The normalized spacial score (nSPS) is 24.3. The number of carbonyl (C=O) groups is 1. The van der Waals surface area contributed by atoms with Gasteiger partial charge in [-0.1, -0.05) is 12.5 Å². The number of Topliss-reactive ketones (excluding diaryl/α,β-unsaturated/α-hetero) is 1. The van der Waals surface area contributed by atoms with Crippen molar-refractivity contribution in [3.63, 3.8) is 0 Å². The number of nitrogens with zero attached hydrogens (tertiary/aromatic N) is 1. The minimum atomic E-state index is 0. The summed E-state index contributed by atoms with van der Waals surface area (Å²) >= 11 is 0. The summed E-state index contributed by atoms with van der Waals surface area (Å²) in [5.74, 6) is 0.652. The molecule has 2 nitrogen and oxygen atoms in total. The van der Waals surface area contributed by atoms with Crippen LogP contribution in [0.3, 0.4) is 0 Å². The van der Waals surface area contributed by atoms with Crippen molar-refractivity contribution in [2.24, 2.45) is 5.92 Å². The molecule has 0 saturated heterocycles. The van der Waals surface area contributed by atoms with Crippen LogP contribution in [0.5, 0.6) is 0 Å². The summed E-state index contributed by atoms with van der Waals surface area (Å²) in [6.07, 6.45) is 3.05. The van der Waals surface area contributed by atoms with Crippen molar-refractivity contribution in [1.82, 2.24) is 4.90 Å². The molecule has 0 amide bonds. The molecule has 0 spiro atoms. The first-order chi connectivity index (χ1) is 6.56. The van der Waals surface area contributed by atoms with E-state index in [1.165, 1.54) is 5.57 Å². The van der Waals surface area contributed by atoms with Gasteiger partial charge in [0.2, 0.25) is 0 Å². The topological polar surface area (TPSA) is 20.3 Å². The third-order valence-electron chi connectivity index (χ3n) is 3.04. The Hall–Kier alpha value is -0.340. The molecule has 0 bridgehead atoms. The first-order valence-electron chi connectivity index (χ1n) is 5.43. The third kappa shape index (κ3) is 3.62. The molecule has 0 aromatic heterocycles. The van der Waals surface area contributed by atoms with Gasteiger partial charge in [-0.3, -0.25) is 4.79 Å². The van der Waals surface area contributed by atoms with Gasteiger partial charge < -0.3 is 4.90 Å². The lowest BCUT2D eigenvalue weighted by molar-refractivity contribution is -0.118. The zero-order valence-electron chi connectivity index (χ0n) is 10.2. The van der Waals surface area contributed by atoms with Crippen LogP contribution in [0.4, 0.5) is 0 Å². The molecular formula is C12H22ClNO. The van der Waals surface area contributed by atoms with Gasteiger partial charge in [0.1, 0.15) is 0 Å². The highest BCUT2D eigenvalue weighted by Crippen LogP contribution is 2.30. The van der Waals surface area contributed by atoms with E-state index in [9.17, 15) is 4.79 Å². The maximum atomic E-state index is 12.0. The van der Waals surface area contributed by atoms with Crippen LogP contribution in [0.1, 0.15) is 33.1 Å². The van der Waals surface area contributed by atoms with Crippen molar-refractivity contribution in [2.75, 3.05) is 20.6 Å². The molecular weight excluding hydrogens is 210 g/mol. The van der Waals surface area contributed by atoms with Gasteiger partial charge in [0.05, 0.1) is 0 Å². The zero-order chi connectivity index (χ0) is 10.7. The number of hydrogen-bond acceptors (Lipinski definition) is 2. The van der Waals surface area contributed by atoms with E-state index in [1.807, 2.05) is 14.1 Å². The van der Waals surface area contributed by atoms with Gasteiger partial charge in [-0.2, -0.15) is 0 Å². The maximum Gasteiger partial charge on any atom is 0.163 e. The molecule has 0 radical (unpaired) electrons. The van der Waals surface area contributed by atoms with Gasteiger partial charge in [0.15, 0.2) is 5.78 Å². The summed E-state index contributed by atoms with van der Waals surface area (Å²) < 4.78 is 0. The zero-order valence-corrected chi connectivity index (χ0v) is 11.0. The summed E-state index contributed by atoms with van der Waals surface area (Å²) in [6, 6.07) is 0. The number of carbonyl (C=O) groups excluding carboxylic acids is 1. The molecule has 15 heavy (non-hydrogen) atoms. The van der Waals surface area contributed by atoms with Gasteiger partial charge in [-0.05, 0) is 45.9 Å². The molecule has 1 saturated carbocycles.